The molecule has 0 unspecified atom stereocenters. The van der Waals surface area contributed by atoms with Gasteiger partial charge in [0, 0.05) is 6.54 Å². The van der Waals surface area contributed by atoms with Crippen molar-refractivity contribution >= 4 is 0 Å². The Morgan fingerprint density at radius 2 is 1.89 bits per heavy atom. The van der Waals surface area contributed by atoms with Gasteiger partial charge in [0.15, 0.2) is 0 Å². The zero-order chi connectivity index (χ0) is 13.2. The van der Waals surface area contributed by atoms with Gasteiger partial charge < -0.3 is 0 Å². The molecule has 104 valence electrons. The maximum atomic E-state index is 4.19. The van der Waals surface area contributed by atoms with E-state index in [1.807, 2.05) is 6.20 Å². The first-order valence-corrected chi connectivity index (χ1v) is 7.61. The molecule has 1 aromatic rings. The van der Waals surface area contributed by atoms with Gasteiger partial charge in [-0.05, 0) is 31.6 Å². The summed E-state index contributed by atoms with van der Waals surface area (Å²) in [4.78, 5) is 0. The van der Waals surface area contributed by atoms with Crippen LogP contribution in [0.1, 0.15) is 71.4 Å². The van der Waals surface area contributed by atoms with E-state index in [1.165, 1.54) is 50.6 Å². The lowest BCUT2D eigenvalue weighted by molar-refractivity contribution is 0.470. The Balaban J connectivity index is 2.22. The maximum Gasteiger partial charge on any atom is 0.0725 e. The van der Waals surface area contributed by atoms with Crippen molar-refractivity contribution in [3.05, 3.63) is 11.9 Å². The van der Waals surface area contributed by atoms with E-state index >= 15 is 0 Å². The van der Waals surface area contributed by atoms with Crippen molar-refractivity contribution in [2.24, 2.45) is 5.92 Å². The van der Waals surface area contributed by atoms with Gasteiger partial charge in [-0.3, -0.25) is 0 Å². The third-order valence-corrected chi connectivity index (χ3v) is 3.39. The quantitative estimate of drug-likeness (QED) is 0.583. The molecule has 0 bridgehead atoms. The van der Waals surface area contributed by atoms with E-state index in [0.717, 1.165) is 18.9 Å². The van der Waals surface area contributed by atoms with Crippen molar-refractivity contribution in [1.82, 2.24) is 15.0 Å². The molecule has 3 heteroatoms. The van der Waals surface area contributed by atoms with Crippen molar-refractivity contribution in [3.63, 3.8) is 0 Å². The number of aromatic nitrogens is 3. The SMILES string of the molecule is CCCCCCCc1cnnn1CCCC(C)C. The highest BCUT2D eigenvalue weighted by Crippen LogP contribution is 2.10. The lowest BCUT2D eigenvalue weighted by Crippen LogP contribution is -2.06. The van der Waals surface area contributed by atoms with Crippen molar-refractivity contribution in [2.45, 2.75) is 78.7 Å². The first-order chi connectivity index (χ1) is 8.74. The molecular weight excluding hydrogens is 222 g/mol. The minimum absolute atomic E-state index is 0.783. The summed E-state index contributed by atoms with van der Waals surface area (Å²) >= 11 is 0. The Morgan fingerprint density at radius 1 is 1.11 bits per heavy atom. The Bertz CT molecular complexity index is 304. The molecule has 0 saturated heterocycles. The summed E-state index contributed by atoms with van der Waals surface area (Å²) in [6.07, 6.45) is 12.2. The molecule has 0 N–H and O–H groups in total. The second kappa shape index (κ2) is 9.12. The molecule has 0 aliphatic carbocycles. The first-order valence-electron chi connectivity index (χ1n) is 7.61. The summed E-state index contributed by atoms with van der Waals surface area (Å²) in [6.45, 7) is 7.84. The molecule has 0 amide bonds. The van der Waals surface area contributed by atoms with Crippen LogP contribution in [0.2, 0.25) is 0 Å². The average Bonchev–Trinajstić information content (AvgIpc) is 2.76. The fourth-order valence-electron chi connectivity index (χ4n) is 2.22. The Kier molecular flexibility index (Phi) is 7.70. The number of aryl methyl sites for hydroxylation is 2. The van der Waals surface area contributed by atoms with Gasteiger partial charge in [-0.1, -0.05) is 51.7 Å². The summed E-state index contributed by atoms with van der Waals surface area (Å²) in [6, 6.07) is 0. The summed E-state index contributed by atoms with van der Waals surface area (Å²) in [5, 5.41) is 8.24. The van der Waals surface area contributed by atoms with Crippen LogP contribution in [0.3, 0.4) is 0 Å². The van der Waals surface area contributed by atoms with Crippen LogP contribution in [0.25, 0.3) is 0 Å². The van der Waals surface area contributed by atoms with Gasteiger partial charge in [-0.2, -0.15) is 0 Å². The Labute approximate surface area is 112 Å². The van der Waals surface area contributed by atoms with E-state index in [2.05, 4.69) is 35.8 Å². The molecule has 1 rings (SSSR count). The van der Waals surface area contributed by atoms with E-state index in [4.69, 9.17) is 0 Å². The predicted octanol–water partition coefficient (Wildman–Crippen LogP) is 4.23. The van der Waals surface area contributed by atoms with Crippen LogP contribution in [-0.2, 0) is 13.0 Å². The summed E-state index contributed by atoms with van der Waals surface area (Å²) in [5.74, 6) is 0.783. The van der Waals surface area contributed by atoms with E-state index < -0.39 is 0 Å². The smallest absolute Gasteiger partial charge is 0.0725 e. The summed E-state index contributed by atoms with van der Waals surface area (Å²) in [5.41, 5.74) is 1.32. The highest BCUT2D eigenvalue weighted by molar-refractivity contribution is 4.93. The molecular formula is C15H29N3. The molecule has 3 nitrogen and oxygen atoms in total. The molecule has 1 aromatic heterocycles. The fourth-order valence-corrected chi connectivity index (χ4v) is 2.22. The minimum Gasteiger partial charge on any atom is -0.249 e. The van der Waals surface area contributed by atoms with Crippen molar-refractivity contribution < 1.29 is 0 Å². The van der Waals surface area contributed by atoms with E-state index in [0.29, 0.717) is 0 Å². The van der Waals surface area contributed by atoms with E-state index in [9.17, 15) is 0 Å². The monoisotopic (exact) mass is 251 g/mol. The van der Waals surface area contributed by atoms with Gasteiger partial charge in [-0.15, -0.1) is 5.10 Å². The molecule has 0 aliphatic heterocycles. The minimum atomic E-state index is 0.783. The van der Waals surface area contributed by atoms with Crippen LogP contribution >= 0.6 is 0 Å². The molecule has 0 atom stereocenters. The van der Waals surface area contributed by atoms with Crippen LogP contribution < -0.4 is 0 Å². The number of nitrogens with zero attached hydrogens (tertiary/aromatic N) is 3. The molecule has 0 saturated carbocycles. The maximum absolute atomic E-state index is 4.19. The van der Waals surface area contributed by atoms with E-state index in [-0.39, 0.29) is 0 Å². The fraction of sp³-hybridized carbons (Fsp3) is 0.867. The van der Waals surface area contributed by atoms with Crippen molar-refractivity contribution in [1.29, 1.82) is 0 Å². The van der Waals surface area contributed by atoms with Crippen LogP contribution in [0.4, 0.5) is 0 Å². The van der Waals surface area contributed by atoms with Crippen LogP contribution in [0.15, 0.2) is 6.20 Å². The predicted molar refractivity (Wildman–Crippen MR) is 76.6 cm³/mol. The Morgan fingerprint density at radius 3 is 2.61 bits per heavy atom. The van der Waals surface area contributed by atoms with Gasteiger partial charge in [0.05, 0.1) is 11.9 Å². The van der Waals surface area contributed by atoms with Crippen molar-refractivity contribution in [3.8, 4) is 0 Å². The number of hydrogen-bond acceptors (Lipinski definition) is 2. The molecule has 0 spiro atoms. The second-order valence-electron chi connectivity index (χ2n) is 5.65. The van der Waals surface area contributed by atoms with Gasteiger partial charge >= 0.3 is 0 Å². The van der Waals surface area contributed by atoms with Gasteiger partial charge in [0.25, 0.3) is 0 Å². The first kappa shape index (κ1) is 15.2. The normalized spacial score (nSPS) is 11.3. The molecule has 0 aromatic carbocycles. The topological polar surface area (TPSA) is 30.7 Å². The van der Waals surface area contributed by atoms with Gasteiger partial charge in [0.1, 0.15) is 0 Å². The van der Waals surface area contributed by atoms with Crippen LogP contribution in [0, 0.1) is 5.92 Å². The zero-order valence-electron chi connectivity index (χ0n) is 12.4. The number of rotatable bonds is 10. The second-order valence-corrected chi connectivity index (χ2v) is 5.65. The standard InChI is InChI=1S/C15H29N3/c1-4-5-6-7-8-11-15-13-16-17-18(15)12-9-10-14(2)3/h13-14H,4-12H2,1-3H3. The Hall–Kier alpha value is -0.860. The highest BCUT2D eigenvalue weighted by atomic mass is 15.4. The molecule has 18 heavy (non-hydrogen) atoms. The molecule has 0 radical (unpaired) electrons. The largest absolute Gasteiger partial charge is 0.249 e. The van der Waals surface area contributed by atoms with Crippen molar-refractivity contribution in [2.75, 3.05) is 0 Å². The third kappa shape index (κ3) is 6.18. The number of unbranched alkanes of at least 4 members (excludes halogenated alkanes) is 4. The van der Waals surface area contributed by atoms with Gasteiger partial charge in [-0.25, -0.2) is 4.68 Å². The summed E-state index contributed by atoms with van der Waals surface area (Å²) in [7, 11) is 0. The highest BCUT2D eigenvalue weighted by Gasteiger charge is 2.04. The van der Waals surface area contributed by atoms with E-state index in [1.54, 1.807) is 0 Å². The molecule has 1 heterocycles. The third-order valence-electron chi connectivity index (χ3n) is 3.39. The summed E-state index contributed by atoms with van der Waals surface area (Å²) < 4.78 is 2.10. The molecule has 0 aliphatic rings. The van der Waals surface area contributed by atoms with Crippen LogP contribution in [0.5, 0.6) is 0 Å². The lowest BCUT2D eigenvalue weighted by atomic mass is 10.1. The number of hydrogen-bond donors (Lipinski definition) is 0. The lowest BCUT2D eigenvalue weighted by Gasteiger charge is -2.07. The average molecular weight is 251 g/mol. The zero-order valence-corrected chi connectivity index (χ0v) is 12.4. The van der Waals surface area contributed by atoms with Crippen LogP contribution in [-0.4, -0.2) is 15.0 Å². The van der Waals surface area contributed by atoms with Gasteiger partial charge in [0.2, 0.25) is 0 Å². The molecule has 0 fully saturated rings.